The largest absolute Gasteiger partial charge is 0.372 e. The molecule has 40 heavy (non-hydrogen) atoms. The molecule has 206 valence electrons. The van der Waals surface area contributed by atoms with Gasteiger partial charge in [-0.05, 0) is 67.4 Å². The van der Waals surface area contributed by atoms with E-state index in [0.29, 0.717) is 11.4 Å². The van der Waals surface area contributed by atoms with Gasteiger partial charge in [-0.1, -0.05) is 41.9 Å². The molecule has 7 nitrogen and oxygen atoms in total. The fraction of sp³-hybridized carbons (Fsp3) is 0.281. The van der Waals surface area contributed by atoms with Crippen LogP contribution in [0.4, 0.5) is 5.69 Å². The van der Waals surface area contributed by atoms with Crippen LogP contribution in [0.1, 0.15) is 37.0 Å². The molecule has 0 unspecified atom stereocenters. The van der Waals surface area contributed by atoms with Crippen molar-refractivity contribution in [3.8, 4) is 11.3 Å². The van der Waals surface area contributed by atoms with E-state index in [-0.39, 0.29) is 24.2 Å². The molecule has 2 aromatic heterocycles. The van der Waals surface area contributed by atoms with E-state index in [1.165, 1.54) is 11.8 Å². The number of rotatable bonds is 8. The second-order valence-electron chi connectivity index (χ2n) is 10.2. The van der Waals surface area contributed by atoms with Gasteiger partial charge in [0.2, 0.25) is 5.91 Å². The first-order valence-corrected chi connectivity index (χ1v) is 13.9. The molecule has 1 aliphatic heterocycles. The Morgan fingerprint density at radius 2 is 1.77 bits per heavy atom. The van der Waals surface area contributed by atoms with Gasteiger partial charge < -0.3 is 19.5 Å². The number of morpholine rings is 1. The summed E-state index contributed by atoms with van der Waals surface area (Å²) in [5.74, 6) is 0.549. The molecule has 2 aromatic carbocycles. The third kappa shape index (κ3) is 6.79. The van der Waals surface area contributed by atoms with Gasteiger partial charge in [-0.3, -0.25) is 9.78 Å². The van der Waals surface area contributed by atoms with Gasteiger partial charge in [-0.2, -0.15) is 0 Å². The standard InChI is InChI=1S/C32H34ClN5O2/c1-22-20-38(21-23(2)40-22)28-14-10-25(11-15-28)30-19-35-32(37(30)3)29(18-27-6-4-5-17-34-27)36-31(39)16-9-24-7-12-26(33)13-8-24/h4-17,19,22-23,29H,18,20-21H2,1-3H3,(H,36,39)/b16-9+/t22-,23+,29-/m0/s1. The number of nitrogens with zero attached hydrogens (tertiary/aromatic N) is 4. The van der Waals surface area contributed by atoms with Crippen LogP contribution >= 0.6 is 11.6 Å². The molecule has 8 heteroatoms. The highest BCUT2D eigenvalue weighted by Gasteiger charge is 2.24. The summed E-state index contributed by atoms with van der Waals surface area (Å²) < 4.78 is 7.93. The number of nitrogens with one attached hydrogen (secondary N) is 1. The summed E-state index contributed by atoms with van der Waals surface area (Å²) >= 11 is 5.98. The van der Waals surface area contributed by atoms with E-state index in [4.69, 9.17) is 21.3 Å². The molecule has 3 atom stereocenters. The van der Waals surface area contributed by atoms with Crippen LogP contribution in [-0.4, -0.2) is 45.7 Å². The second-order valence-corrected chi connectivity index (χ2v) is 10.7. The highest BCUT2D eigenvalue weighted by Crippen LogP contribution is 2.28. The Balaban J connectivity index is 1.36. The lowest BCUT2D eigenvalue weighted by Gasteiger charge is -2.36. The smallest absolute Gasteiger partial charge is 0.244 e. The number of benzene rings is 2. The Labute approximate surface area is 240 Å². The Morgan fingerprint density at radius 3 is 2.45 bits per heavy atom. The van der Waals surface area contributed by atoms with Crippen molar-refractivity contribution in [2.75, 3.05) is 18.0 Å². The molecule has 1 fully saturated rings. The minimum absolute atomic E-state index is 0.204. The van der Waals surface area contributed by atoms with Crippen molar-refractivity contribution in [1.82, 2.24) is 19.9 Å². The summed E-state index contributed by atoms with van der Waals surface area (Å²) in [4.78, 5) is 24.6. The van der Waals surface area contributed by atoms with Crippen molar-refractivity contribution >= 4 is 29.3 Å². The van der Waals surface area contributed by atoms with Crippen molar-refractivity contribution < 1.29 is 9.53 Å². The van der Waals surface area contributed by atoms with Crippen LogP contribution in [0, 0.1) is 0 Å². The average molecular weight is 556 g/mol. The van der Waals surface area contributed by atoms with Gasteiger partial charge in [-0.15, -0.1) is 0 Å². The number of amides is 1. The molecule has 3 heterocycles. The van der Waals surface area contributed by atoms with Crippen LogP contribution in [-0.2, 0) is 23.0 Å². The van der Waals surface area contributed by atoms with Gasteiger partial charge in [0.25, 0.3) is 0 Å². The first kappa shape index (κ1) is 27.6. The topological polar surface area (TPSA) is 72.3 Å². The first-order chi connectivity index (χ1) is 19.4. The van der Waals surface area contributed by atoms with Crippen molar-refractivity contribution in [1.29, 1.82) is 0 Å². The number of pyridine rings is 1. The third-order valence-electron chi connectivity index (χ3n) is 7.04. The van der Waals surface area contributed by atoms with E-state index in [2.05, 4.69) is 53.3 Å². The second kappa shape index (κ2) is 12.5. The minimum atomic E-state index is -0.369. The van der Waals surface area contributed by atoms with Gasteiger partial charge >= 0.3 is 0 Å². The molecular weight excluding hydrogens is 522 g/mol. The Bertz CT molecular complexity index is 1440. The van der Waals surface area contributed by atoms with E-state index in [1.807, 2.05) is 48.1 Å². The first-order valence-electron chi connectivity index (χ1n) is 13.5. The predicted molar refractivity (Wildman–Crippen MR) is 160 cm³/mol. The normalized spacial score (nSPS) is 18.1. The number of halogens is 1. The van der Waals surface area contributed by atoms with Crippen LogP contribution in [0.5, 0.6) is 0 Å². The molecule has 1 N–H and O–H groups in total. The number of carbonyl (C=O) groups excluding carboxylic acids is 1. The van der Waals surface area contributed by atoms with Crippen molar-refractivity contribution in [3.05, 3.63) is 107 Å². The molecule has 0 spiro atoms. The maximum Gasteiger partial charge on any atom is 0.244 e. The monoisotopic (exact) mass is 555 g/mol. The highest BCUT2D eigenvalue weighted by molar-refractivity contribution is 6.30. The molecule has 0 saturated carbocycles. The fourth-order valence-electron chi connectivity index (χ4n) is 5.15. The maximum atomic E-state index is 13.0. The molecule has 0 bridgehead atoms. The van der Waals surface area contributed by atoms with Gasteiger partial charge in [0.05, 0.1) is 30.1 Å². The SMILES string of the molecule is C[C@@H]1CN(c2ccc(-c3cnc([C@H](Cc4ccccn4)NC(=O)/C=C/c4ccc(Cl)cc4)n3C)cc2)C[C@H](C)O1. The molecule has 0 aliphatic carbocycles. The van der Waals surface area contributed by atoms with Crippen LogP contribution in [0.25, 0.3) is 17.3 Å². The zero-order valence-electron chi connectivity index (χ0n) is 23.0. The highest BCUT2D eigenvalue weighted by atomic mass is 35.5. The van der Waals surface area contributed by atoms with Gasteiger partial charge in [0.1, 0.15) is 5.82 Å². The summed E-state index contributed by atoms with van der Waals surface area (Å²) in [6.45, 7) is 5.98. The third-order valence-corrected chi connectivity index (χ3v) is 7.29. The summed E-state index contributed by atoms with van der Waals surface area (Å²) in [7, 11) is 1.98. The number of carbonyl (C=O) groups is 1. The van der Waals surface area contributed by atoms with Crippen molar-refractivity contribution in [2.45, 2.75) is 38.5 Å². The maximum absolute atomic E-state index is 13.0. The molecule has 0 radical (unpaired) electrons. The number of aromatic nitrogens is 3. The zero-order valence-corrected chi connectivity index (χ0v) is 23.8. The van der Waals surface area contributed by atoms with Crippen LogP contribution in [0.3, 0.4) is 0 Å². The molecule has 1 amide bonds. The van der Waals surface area contributed by atoms with E-state index in [0.717, 1.165) is 41.4 Å². The summed E-state index contributed by atoms with van der Waals surface area (Å²) in [5, 5.41) is 3.79. The summed E-state index contributed by atoms with van der Waals surface area (Å²) in [6.07, 6.45) is 7.85. The van der Waals surface area contributed by atoms with E-state index >= 15 is 0 Å². The predicted octanol–water partition coefficient (Wildman–Crippen LogP) is 5.86. The number of ether oxygens (including phenoxy) is 1. The lowest BCUT2D eigenvalue weighted by molar-refractivity contribution is -0.117. The molecule has 1 aliphatic rings. The summed E-state index contributed by atoms with van der Waals surface area (Å²) in [5.41, 5.74) is 4.98. The van der Waals surface area contributed by atoms with E-state index in [9.17, 15) is 4.79 Å². The molecule has 1 saturated heterocycles. The average Bonchev–Trinajstić information content (AvgIpc) is 3.33. The van der Waals surface area contributed by atoms with Crippen LogP contribution in [0.15, 0.2) is 85.2 Å². The fourth-order valence-corrected chi connectivity index (χ4v) is 5.27. The molecule has 5 rings (SSSR count). The summed E-state index contributed by atoms with van der Waals surface area (Å²) in [6, 6.07) is 21.3. The van der Waals surface area contributed by atoms with Crippen molar-refractivity contribution in [3.63, 3.8) is 0 Å². The van der Waals surface area contributed by atoms with Gasteiger partial charge in [0.15, 0.2) is 0 Å². The van der Waals surface area contributed by atoms with Crippen LogP contribution < -0.4 is 10.2 Å². The Hall–Kier alpha value is -3.94. The van der Waals surface area contributed by atoms with Gasteiger partial charge in [0, 0.05) is 55.2 Å². The minimum Gasteiger partial charge on any atom is -0.372 e. The van der Waals surface area contributed by atoms with Gasteiger partial charge in [-0.25, -0.2) is 4.98 Å². The van der Waals surface area contributed by atoms with E-state index in [1.54, 1.807) is 24.4 Å². The number of hydrogen-bond donors (Lipinski definition) is 1. The lowest BCUT2D eigenvalue weighted by atomic mass is 10.1. The Morgan fingerprint density at radius 1 is 1.05 bits per heavy atom. The quantitative estimate of drug-likeness (QED) is 0.276. The molecular formula is C32H34ClN5O2. The molecule has 4 aromatic rings. The van der Waals surface area contributed by atoms with Crippen molar-refractivity contribution in [2.24, 2.45) is 7.05 Å². The number of hydrogen-bond acceptors (Lipinski definition) is 5. The zero-order chi connectivity index (χ0) is 28.1. The number of imidazole rings is 1. The lowest BCUT2D eigenvalue weighted by Crippen LogP contribution is -2.45. The Kier molecular flexibility index (Phi) is 8.63. The van der Waals surface area contributed by atoms with Crippen LogP contribution in [0.2, 0.25) is 5.02 Å². The van der Waals surface area contributed by atoms with E-state index < -0.39 is 0 Å². The number of anilines is 1.